The summed E-state index contributed by atoms with van der Waals surface area (Å²) in [5.74, 6) is -1.13. The summed E-state index contributed by atoms with van der Waals surface area (Å²) < 4.78 is 92.3. The number of hydrogen-bond donors (Lipinski definition) is 0. The molecule has 0 radical (unpaired) electrons. The Morgan fingerprint density at radius 3 is 1.06 bits per heavy atom. The van der Waals surface area contributed by atoms with Crippen molar-refractivity contribution in [1.29, 1.82) is 0 Å². The third kappa shape index (κ3) is 13.1. The van der Waals surface area contributed by atoms with Crippen LogP contribution >= 0.6 is 32.8 Å². The van der Waals surface area contributed by atoms with Gasteiger partial charge < -0.3 is 0 Å². The molecule has 3 aromatic carbocycles. The summed E-state index contributed by atoms with van der Waals surface area (Å²) >= 11 is -7.12. The Labute approximate surface area is 196 Å². The van der Waals surface area contributed by atoms with E-state index in [0.717, 1.165) is 34.1 Å². The van der Waals surface area contributed by atoms with E-state index in [0.29, 0.717) is 0 Å². The van der Waals surface area contributed by atoms with Crippen LogP contribution in [0.3, 0.4) is 0 Å². The maximum atomic E-state index is 12.6. The Kier molecular flexibility index (Phi) is 15.1. The van der Waals surface area contributed by atoms with Crippen LogP contribution < -0.4 is 0 Å². The fourth-order valence-electron chi connectivity index (χ4n) is 1.67. The molecule has 0 spiro atoms. The summed E-state index contributed by atoms with van der Waals surface area (Å²) in [5, 5.41) is 0. The van der Waals surface area contributed by atoms with Crippen LogP contribution in [-0.2, 0) is 20.8 Å². The normalized spacial score (nSPS) is 10.7. The number of rotatable bonds is 4. The molecule has 3 rings (SSSR count). The van der Waals surface area contributed by atoms with Gasteiger partial charge in [-0.05, 0) is 72.8 Å². The van der Waals surface area contributed by atoms with E-state index in [1.807, 2.05) is 0 Å². The molecule has 0 N–H and O–H groups in total. The van der Waals surface area contributed by atoms with Crippen molar-refractivity contribution in [2.24, 2.45) is 0 Å². The van der Waals surface area contributed by atoms with E-state index in [4.69, 9.17) is 0 Å². The van der Waals surface area contributed by atoms with Crippen LogP contribution in [0.5, 0.6) is 0 Å². The van der Waals surface area contributed by atoms with Crippen molar-refractivity contribution in [3.63, 3.8) is 0 Å². The zero-order valence-electron chi connectivity index (χ0n) is 14.5. The standard InChI is InChI=1S/C12H8F2S2.C6H4F4S.CH4.Ag.2FH/c13-9-1-5-11(6-2-9)15-16-12-7-3-10(14)4-8-12;7-5-1-3-6(4-2-5)11(8,9)10;;;;/h1-8H;1-4H;1H4;;2*1H/q;;;+2;;/p-2. The van der Waals surface area contributed by atoms with Gasteiger partial charge >= 0.3 is 26.9 Å². The molecule has 0 aromatic heterocycles. The van der Waals surface area contributed by atoms with Crippen molar-refractivity contribution in [3.05, 3.63) is 90.2 Å². The van der Waals surface area contributed by atoms with Gasteiger partial charge in [-0.2, -0.15) is 0 Å². The number of hydrogen-bond acceptors (Lipinski definition) is 2. The monoisotopic (exact) mass is 599 g/mol. The fourth-order valence-corrected chi connectivity index (χ4v) is 4.04. The summed E-state index contributed by atoms with van der Waals surface area (Å²) in [7, 11) is 3.03. The average molecular weight is 600 g/mol. The molecule has 0 aliphatic heterocycles. The second-order valence-corrected chi connectivity index (χ2v) is 8.75. The zero-order valence-corrected chi connectivity index (χ0v) is 18.4. The molecule has 3 aromatic rings. The predicted octanol–water partition coefficient (Wildman–Crippen LogP) is 9.88. The van der Waals surface area contributed by atoms with Crippen LogP contribution in [0.15, 0.2) is 87.5 Å². The second-order valence-electron chi connectivity index (χ2n) is 4.98. The summed E-state index contributed by atoms with van der Waals surface area (Å²) in [6, 6.07) is 15.7. The van der Waals surface area contributed by atoms with E-state index >= 15 is 0 Å². The SMILES string of the molecule is C.Fc1ccc(S(F)(F)F)cc1.Fc1ccc(SSc2ccc(F)cc2)cc1.[F][Ag][F]. The molecule has 0 amide bonds. The van der Waals surface area contributed by atoms with Crippen LogP contribution in [-0.4, -0.2) is 0 Å². The predicted molar refractivity (Wildman–Crippen MR) is 109 cm³/mol. The summed E-state index contributed by atoms with van der Waals surface area (Å²) in [6.07, 6.45) is 0. The van der Waals surface area contributed by atoms with Crippen molar-refractivity contribution in [2.75, 3.05) is 0 Å². The molecule has 0 aliphatic rings. The Morgan fingerprint density at radius 2 is 0.806 bits per heavy atom. The van der Waals surface area contributed by atoms with Gasteiger partial charge in [-0.15, -0.1) is 11.7 Å². The van der Waals surface area contributed by atoms with Crippen molar-refractivity contribution < 1.29 is 51.7 Å². The third-order valence-electron chi connectivity index (χ3n) is 2.94. The molecule has 0 aliphatic carbocycles. The third-order valence-corrected chi connectivity index (χ3v) is 6.17. The molecular weight excluding hydrogens is 584 g/mol. The van der Waals surface area contributed by atoms with Crippen LogP contribution in [0.25, 0.3) is 0 Å². The van der Waals surface area contributed by atoms with Gasteiger partial charge in [-0.25, -0.2) is 13.2 Å². The number of halogens is 8. The topological polar surface area (TPSA) is 0 Å². The zero-order chi connectivity index (χ0) is 22.6. The first kappa shape index (κ1) is 29.9. The van der Waals surface area contributed by atoms with Gasteiger partial charge in [-0.1, -0.05) is 29.0 Å². The van der Waals surface area contributed by atoms with Crippen molar-refractivity contribution in [3.8, 4) is 0 Å². The van der Waals surface area contributed by atoms with Crippen molar-refractivity contribution in [2.45, 2.75) is 22.1 Å². The summed E-state index contributed by atoms with van der Waals surface area (Å²) in [5.41, 5.74) is 0. The summed E-state index contributed by atoms with van der Waals surface area (Å²) in [4.78, 5) is 1.19. The molecule has 31 heavy (non-hydrogen) atoms. The quantitative estimate of drug-likeness (QED) is 0.166. The van der Waals surface area contributed by atoms with Crippen LogP contribution in [0.4, 0.5) is 30.9 Å². The average Bonchev–Trinajstić information content (AvgIpc) is 2.70. The van der Waals surface area contributed by atoms with Gasteiger partial charge in [0.25, 0.3) is 0 Å². The molecule has 0 unspecified atom stereocenters. The molecule has 0 fully saturated rings. The Balaban J connectivity index is 0.000000526. The van der Waals surface area contributed by atoms with E-state index < -0.39 is 42.7 Å². The van der Waals surface area contributed by atoms with Gasteiger partial charge in [0.05, 0.1) is 4.90 Å². The van der Waals surface area contributed by atoms with Crippen LogP contribution in [0.2, 0.25) is 0 Å². The molecule has 0 heterocycles. The van der Waals surface area contributed by atoms with Gasteiger partial charge in [0.1, 0.15) is 17.5 Å². The van der Waals surface area contributed by atoms with Gasteiger partial charge in [-0.3, -0.25) is 0 Å². The van der Waals surface area contributed by atoms with Gasteiger partial charge in [0.15, 0.2) is 0 Å². The fraction of sp³-hybridized carbons (Fsp3) is 0.0526. The minimum atomic E-state index is -5.19. The van der Waals surface area contributed by atoms with Crippen LogP contribution in [0, 0.1) is 17.5 Å². The molecule has 177 valence electrons. The Hall–Kier alpha value is -1.11. The van der Waals surface area contributed by atoms with Gasteiger partial charge in [0, 0.05) is 9.79 Å². The first-order valence-electron chi connectivity index (χ1n) is 7.50. The van der Waals surface area contributed by atoms with E-state index in [-0.39, 0.29) is 19.1 Å². The van der Waals surface area contributed by atoms with E-state index in [1.165, 1.54) is 45.9 Å². The van der Waals surface area contributed by atoms with E-state index in [9.17, 15) is 30.9 Å². The molecule has 0 saturated heterocycles. The van der Waals surface area contributed by atoms with E-state index in [1.54, 1.807) is 24.3 Å². The van der Waals surface area contributed by atoms with E-state index in [2.05, 4.69) is 0 Å². The number of benzene rings is 3. The molecule has 12 heteroatoms. The maximum absolute atomic E-state index is 12.6. The van der Waals surface area contributed by atoms with Gasteiger partial charge in [0.2, 0.25) is 11.2 Å². The molecule has 0 bridgehead atoms. The first-order chi connectivity index (χ1) is 14.2. The van der Waals surface area contributed by atoms with Crippen molar-refractivity contribution in [1.82, 2.24) is 0 Å². The Morgan fingerprint density at radius 1 is 0.548 bits per heavy atom. The minimum absolute atomic E-state index is 0. The first-order valence-corrected chi connectivity index (χ1v) is 12.1. The molecule has 0 atom stereocenters. The Bertz CT molecular complexity index is 812. The summed E-state index contributed by atoms with van der Waals surface area (Å²) in [6.45, 7) is 0. The second kappa shape index (κ2) is 15.7. The molecule has 0 saturated carbocycles. The van der Waals surface area contributed by atoms with Crippen molar-refractivity contribution >= 4 is 32.8 Å². The molecular formula is C19H16AgF8S3. The van der Waals surface area contributed by atoms with Crippen LogP contribution in [0.1, 0.15) is 7.43 Å². The molecule has 0 nitrogen and oxygen atoms in total.